The highest BCUT2D eigenvalue weighted by Gasteiger charge is 2.09. The molecule has 1 aromatic carbocycles. The number of fused-ring (bicyclic) bond motifs is 1. The van der Waals surface area contributed by atoms with Gasteiger partial charge in [0.15, 0.2) is 11.5 Å². The summed E-state index contributed by atoms with van der Waals surface area (Å²) in [5, 5.41) is 2.70. The van der Waals surface area contributed by atoms with Crippen LogP contribution < -0.4 is 11.1 Å². The topological polar surface area (TPSA) is 81.2 Å². The lowest BCUT2D eigenvalue weighted by Gasteiger charge is -2.06. The second-order valence-electron chi connectivity index (χ2n) is 3.69. The molecule has 0 aliphatic carbocycles. The zero-order valence-corrected chi connectivity index (χ0v) is 9.15. The second-order valence-corrected chi connectivity index (χ2v) is 3.69. The minimum absolute atomic E-state index is 0.223. The molecule has 0 saturated heterocycles. The fraction of sp³-hybridized carbons (Fsp3) is 0.273. The number of aromatic nitrogens is 1. The lowest BCUT2D eigenvalue weighted by atomic mass is 10.2. The van der Waals surface area contributed by atoms with E-state index in [0.717, 1.165) is 5.52 Å². The number of benzene rings is 1. The molecule has 1 aromatic heterocycles. The van der Waals surface area contributed by atoms with Crippen LogP contribution in [0.25, 0.3) is 11.1 Å². The summed E-state index contributed by atoms with van der Waals surface area (Å²) in [6.45, 7) is 3.41. The van der Waals surface area contributed by atoms with Crippen molar-refractivity contribution < 1.29 is 9.21 Å². The van der Waals surface area contributed by atoms with Crippen LogP contribution in [0.4, 0.5) is 5.69 Å². The van der Waals surface area contributed by atoms with E-state index < -0.39 is 6.04 Å². The summed E-state index contributed by atoms with van der Waals surface area (Å²) in [6, 6.07) is 4.75. The molecule has 2 aromatic rings. The maximum Gasteiger partial charge on any atom is 0.240 e. The van der Waals surface area contributed by atoms with Crippen LogP contribution in [0.3, 0.4) is 0 Å². The van der Waals surface area contributed by atoms with Gasteiger partial charge in [0.1, 0.15) is 5.52 Å². The molecule has 0 aliphatic rings. The van der Waals surface area contributed by atoms with Crippen molar-refractivity contribution in [2.24, 2.45) is 5.73 Å². The number of nitrogens with zero attached hydrogens (tertiary/aromatic N) is 1. The Hall–Kier alpha value is -1.88. The summed E-state index contributed by atoms with van der Waals surface area (Å²) in [5.41, 5.74) is 7.55. The number of carbonyl (C=O) groups is 1. The molecule has 1 amide bonds. The van der Waals surface area contributed by atoms with Gasteiger partial charge in [-0.3, -0.25) is 4.79 Å². The van der Waals surface area contributed by atoms with Gasteiger partial charge in [-0.2, -0.15) is 0 Å². The Bertz CT molecular complexity index is 531. The average Bonchev–Trinajstić information content (AvgIpc) is 2.57. The maximum atomic E-state index is 11.4. The van der Waals surface area contributed by atoms with E-state index in [9.17, 15) is 4.79 Å². The van der Waals surface area contributed by atoms with Crippen LogP contribution >= 0.6 is 0 Å². The molecule has 16 heavy (non-hydrogen) atoms. The minimum atomic E-state index is -0.533. The van der Waals surface area contributed by atoms with Crippen LogP contribution in [0.5, 0.6) is 0 Å². The van der Waals surface area contributed by atoms with Crippen LogP contribution in [-0.2, 0) is 4.79 Å². The van der Waals surface area contributed by atoms with Crippen molar-refractivity contribution in [2.75, 3.05) is 5.32 Å². The molecular formula is C11H13N3O2. The van der Waals surface area contributed by atoms with E-state index in [-0.39, 0.29) is 5.91 Å². The first-order valence-corrected chi connectivity index (χ1v) is 5.00. The number of hydrogen-bond acceptors (Lipinski definition) is 4. The van der Waals surface area contributed by atoms with Crippen molar-refractivity contribution in [3.05, 3.63) is 24.1 Å². The van der Waals surface area contributed by atoms with Crippen LogP contribution in [0.2, 0.25) is 0 Å². The number of rotatable bonds is 2. The van der Waals surface area contributed by atoms with Crippen molar-refractivity contribution in [1.29, 1.82) is 0 Å². The average molecular weight is 219 g/mol. The van der Waals surface area contributed by atoms with E-state index in [1.807, 2.05) is 0 Å². The fourth-order valence-corrected chi connectivity index (χ4v) is 1.38. The molecule has 1 atom stereocenters. The molecule has 2 rings (SSSR count). The predicted octanol–water partition coefficient (Wildman–Crippen LogP) is 1.42. The van der Waals surface area contributed by atoms with Gasteiger partial charge >= 0.3 is 0 Å². The maximum absolute atomic E-state index is 11.4. The Labute approximate surface area is 92.6 Å². The van der Waals surface area contributed by atoms with Crippen LogP contribution in [-0.4, -0.2) is 16.9 Å². The van der Waals surface area contributed by atoms with Gasteiger partial charge in [0, 0.05) is 12.6 Å². The minimum Gasteiger partial charge on any atom is -0.441 e. The number of nitrogens with one attached hydrogen (secondary N) is 1. The first-order chi connectivity index (χ1) is 7.56. The summed E-state index contributed by atoms with van der Waals surface area (Å²) in [7, 11) is 0. The second kappa shape index (κ2) is 3.94. The van der Waals surface area contributed by atoms with Gasteiger partial charge in [0.2, 0.25) is 5.91 Å². The van der Waals surface area contributed by atoms with Crippen molar-refractivity contribution >= 4 is 22.7 Å². The summed E-state index contributed by atoms with van der Waals surface area (Å²) >= 11 is 0. The fourth-order valence-electron chi connectivity index (χ4n) is 1.38. The van der Waals surface area contributed by atoms with Gasteiger partial charge in [-0.25, -0.2) is 4.98 Å². The molecule has 1 heterocycles. The highest BCUT2D eigenvalue weighted by Crippen LogP contribution is 2.19. The van der Waals surface area contributed by atoms with E-state index >= 15 is 0 Å². The molecule has 0 fully saturated rings. The molecule has 5 nitrogen and oxygen atoms in total. The molecule has 0 saturated carbocycles. The highest BCUT2D eigenvalue weighted by atomic mass is 16.3. The Morgan fingerprint density at radius 3 is 3.00 bits per heavy atom. The zero-order chi connectivity index (χ0) is 11.7. The van der Waals surface area contributed by atoms with Gasteiger partial charge in [-0.1, -0.05) is 0 Å². The van der Waals surface area contributed by atoms with Gasteiger partial charge in [-0.05, 0) is 25.1 Å². The molecule has 1 unspecified atom stereocenters. The first kappa shape index (κ1) is 10.6. The summed E-state index contributed by atoms with van der Waals surface area (Å²) in [6.07, 6.45) is 0. The molecule has 0 bridgehead atoms. The van der Waals surface area contributed by atoms with Crippen molar-refractivity contribution in [2.45, 2.75) is 19.9 Å². The molecule has 84 valence electrons. The van der Waals surface area contributed by atoms with E-state index in [0.29, 0.717) is 17.2 Å². The number of anilines is 1. The molecule has 5 heteroatoms. The van der Waals surface area contributed by atoms with Crippen LogP contribution in [0.15, 0.2) is 22.6 Å². The number of aryl methyl sites for hydroxylation is 1. The Balaban J connectivity index is 2.29. The van der Waals surface area contributed by atoms with Gasteiger partial charge in [0.25, 0.3) is 0 Å². The van der Waals surface area contributed by atoms with Gasteiger partial charge < -0.3 is 15.5 Å². The SMILES string of the molecule is Cc1nc2cc(NC(=O)C(C)N)ccc2o1. The third-order valence-corrected chi connectivity index (χ3v) is 2.18. The number of nitrogens with two attached hydrogens (primary N) is 1. The molecule has 0 spiro atoms. The van der Waals surface area contributed by atoms with E-state index in [1.165, 1.54) is 0 Å². The molecule has 0 radical (unpaired) electrons. The third-order valence-electron chi connectivity index (χ3n) is 2.18. The molecule has 3 N–H and O–H groups in total. The summed E-state index contributed by atoms with van der Waals surface area (Å²) < 4.78 is 5.33. The standard InChI is InChI=1S/C11H13N3O2/c1-6(12)11(15)14-8-3-4-10-9(5-8)13-7(2)16-10/h3-6H,12H2,1-2H3,(H,14,15). The normalized spacial score (nSPS) is 12.7. The Kier molecular flexibility index (Phi) is 2.62. The first-order valence-electron chi connectivity index (χ1n) is 5.00. The lowest BCUT2D eigenvalue weighted by molar-refractivity contribution is -0.117. The molecular weight excluding hydrogens is 206 g/mol. The van der Waals surface area contributed by atoms with Crippen molar-refractivity contribution in [1.82, 2.24) is 4.98 Å². The van der Waals surface area contributed by atoms with Gasteiger partial charge in [0.05, 0.1) is 6.04 Å². The van der Waals surface area contributed by atoms with Crippen LogP contribution in [0, 0.1) is 6.92 Å². The van der Waals surface area contributed by atoms with Gasteiger partial charge in [-0.15, -0.1) is 0 Å². The van der Waals surface area contributed by atoms with E-state index in [2.05, 4.69) is 10.3 Å². The number of carbonyl (C=O) groups excluding carboxylic acids is 1. The summed E-state index contributed by atoms with van der Waals surface area (Å²) in [4.78, 5) is 15.6. The monoisotopic (exact) mass is 219 g/mol. The highest BCUT2D eigenvalue weighted by molar-refractivity contribution is 5.95. The predicted molar refractivity (Wildman–Crippen MR) is 61.0 cm³/mol. The van der Waals surface area contributed by atoms with Crippen LogP contribution in [0.1, 0.15) is 12.8 Å². The van der Waals surface area contributed by atoms with E-state index in [4.69, 9.17) is 10.2 Å². The number of amides is 1. The smallest absolute Gasteiger partial charge is 0.240 e. The summed E-state index contributed by atoms with van der Waals surface area (Å²) in [5.74, 6) is 0.380. The molecule has 0 aliphatic heterocycles. The largest absolute Gasteiger partial charge is 0.441 e. The van der Waals surface area contributed by atoms with E-state index in [1.54, 1.807) is 32.0 Å². The Morgan fingerprint density at radius 2 is 2.31 bits per heavy atom. The third kappa shape index (κ3) is 2.04. The quantitative estimate of drug-likeness (QED) is 0.800. The Morgan fingerprint density at radius 1 is 1.56 bits per heavy atom. The van der Waals surface area contributed by atoms with Crippen molar-refractivity contribution in [3.8, 4) is 0 Å². The number of hydrogen-bond donors (Lipinski definition) is 2. The lowest BCUT2D eigenvalue weighted by Crippen LogP contribution is -2.32. The van der Waals surface area contributed by atoms with Crippen molar-refractivity contribution in [3.63, 3.8) is 0 Å². The zero-order valence-electron chi connectivity index (χ0n) is 9.15. The number of oxazole rings is 1.